The zero-order valence-electron chi connectivity index (χ0n) is 14.8. The van der Waals surface area contributed by atoms with Crippen molar-refractivity contribution in [3.05, 3.63) is 65.5 Å². The Kier molecular flexibility index (Phi) is 6.88. The average molecular weight is 378 g/mol. The van der Waals surface area contributed by atoms with Gasteiger partial charge in [0.15, 0.2) is 0 Å². The Labute approximate surface area is 153 Å². The first-order chi connectivity index (χ1) is 12.3. The average Bonchev–Trinajstić information content (AvgIpc) is 2.61. The molecule has 1 amide bonds. The summed E-state index contributed by atoms with van der Waals surface area (Å²) in [6.07, 6.45) is 0.850. The van der Waals surface area contributed by atoms with Crippen molar-refractivity contribution in [3.63, 3.8) is 0 Å². The molecule has 2 aromatic rings. The summed E-state index contributed by atoms with van der Waals surface area (Å²) >= 11 is 0. The summed E-state index contributed by atoms with van der Waals surface area (Å²) in [6.45, 7) is 4.70. The Morgan fingerprint density at radius 1 is 1.12 bits per heavy atom. The molecule has 0 spiro atoms. The summed E-state index contributed by atoms with van der Waals surface area (Å²) in [5.41, 5.74) is 0.927. The number of hydrogen-bond acceptors (Lipinski definition) is 3. The minimum absolute atomic E-state index is 0.0103. The largest absolute Gasteiger partial charge is 0.352 e. The molecule has 0 aliphatic rings. The number of sulfonamides is 1. The van der Waals surface area contributed by atoms with Crippen LogP contribution in [-0.2, 0) is 16.6 Å². The summed E-state index contributed by atoms with van der Waals surface area (Å²) in [7, 11) is -3.78. The molecule has 0 aliphatic carbocycles. The normalized spacial score (nSPS) is 11.5. The number of amides is 1. The highest BCUT2D eigenvalue weighted by Crippen LogP contribution is 2.13. The summed E-state index contributed by atoms with van der Waals surface area (Å²) in [6, 6.07) is 11.4. The van der Waals surface area contributed by atoms with E-state index in [-0.39, 0.29) is 23.2 Å². The van der Waals surface area contributed by atoms with Crippen LogP contribution >= 0.6 is 0 Å². The maximum Gasteiger partial charge on any atom is 0.251 e. The van der Waals surface area contributed by atoms with Gasteiger partial charge in [0.25, 0.3) is 5.91 Å². The summed E-state index contributed by atoms with van der Waals surface area (Å²) in [5.74, 6) is -0.216. The van der Waals surface area contributed by atoms with Gasteiger partial charge in [-0.25, -0.2) is 17.5 Å². The van der Waals surface area contributed by atoms with Crippen molar-refractivity contribution in [2.75, 3.05) is 6.54 Å². The molecule has 7 heteroatoms. The fraction of sp³-hybridized carbons (Fsp3) is 0.316. The van der Waals surface area contributed by atoms with Gasteiger partial charge in [-0.1, -0.05) is 32.0 Å². The summed E-state index contributed by atoms with van der Waals surface area (Å²) in [4.78, 5) is 12.2. The second kappa shape index (κ2) is 8.91. The van der Waals surface area contributed by atoms with Gasteiger partial charge in [0.05, 0.1) is 4.90 Å². The lowest BCUT2D eigenvalue weighted by Crippen LogP contribution is -2.26. The van der Waals surface area contributed by atoms with Gasteiger partial charge in [-0.3, -0.25) is 4.79 Å². The molecule has 0 fully saturated rings. The van der Waals surface area contributed by atoms with Gasteiger partial charge in [-0.15, -0.1) is 0 Å². The van der Waals surface area contributed by atoms with Crippen LogP contribution < -0.4 is 10.0 Å². The molecule has 0 aliphatic heterocycles. The second-order valence-electron chi connectivity index (χ2n) is 6.42. The van der Waals surface area contributed by atoms with Gasteiger partial charge in [0.1, 0.15) is 5.82 Å². The molecule has 0 heterocycles. The van der Waals surface area contributed by atoms with Gasteiger partial charge in [-0.05, 0) is 48.2 Å². The SMILES string of the molecule is CC(C)CCNC(=O)c1cccc(S(=O)(=O)NCc2ccc(F)cc2)c1. The maximum absolute atomic E-state index is 12.9. The standard InChI is InChI=1S/C19H23FN2O3S/c1-14(2)10-11-21-19(23)16-4-3-5-18(12-16)26(24,25)22-13-15-6-8-17(20)9-7-15/h3-9,12,14,22H,10-11,13H2,1-2H3,(H,21,23). The van der Waals surface area contributed by atoms with Crippen molar-refractivity contribution in [2.24, 2.45) is 5.92 Å². The van der Waals surface area contributed by atoms with Crippen LogP contribution in [-0.4, -0.2) is 20.9 Å². The maximum atomic E-state index is 12.9. The quantitative estimate of drug-likeness (QED) is 0.741. The monoisotopic (exact) mass is 378 g/mol. The molecule has 140 valence electrons. The molecule has 0 radical (unpaired) electrons. The van der Waals surface area contributed by atoms with Crippen LogP contribution in [0.5, 0.6) is 0 Å². The third-order valence-electron chi connectivity index (χ3n) is 3.79. The van der Waals surface area contributed by atoms with Crippen LogP contribution in [0.15, 0.2) is 53.4 Å². The molecule has 26 heavy (non-hydrogen) atoms. The smallest absolute Gasteiger partial charge is 0.251 e. The van der Waals surface area contributed by atoms with Crippen molar-refractivity contribution < 1.29 is 17.6 Å². The molecule has 0 saturated carbocycles. The molecule has 0 aromatic heterocycles. The first-order valence-electron chi connectivity index (χ1n) is 8.40. The lowest BCUT2D eigenvalue weighted by molar-refractivity contribution is 0.0952. The highest BCUT2D eigenvalue weighted by Gasteiger charge is 2.16. The third kappa shape index (κ3) is 5.93. The van der Waals surface area contributed by atoms with E-state index in [2.05, 4.69) is 23.9 Å². The van der Waals surface area contributed by atoms with Crippen molar-refractivity contribution in [1.29, 1.82) is 0 Å². The molecule has 5 nitrogen and oxygen atoms in total. The molecule has 0 atom stereocenters. The Morgan fingerprint density at radius 3 is 2.46 bits per heavy atom. The number of carbonyl (C=O) groups is 1. The van der Waals surface area contributed by atoms with E-state index in [9.17, 15) is 17.6 Å². The fourth-order valence-electron chi connectivity index (χ4n) is 2.24. The lowest BCUT2D eigenvalue weighted by Gasteiger charge is -2.10. The molecule has 2 aromatic carbocycles. The van der Waals surface area contributed by atoms with Crippen LogP contribution in [0.25, 0.3) is 0 Å². The van der Waals surface area contributed by atoms with Gasteiger partial charge < -0.3 is 5.32 Å². The van der Waals surface area contributed by atoms with Crippen LogP contribution in [0.4, 0.5) is 4.39 Å². The third-order valence-corrected chi connectivity index (χ3v) is 5.19. The zero-order chi connectivity index (χ0) is 19.2. The summed E-state index contributed by atoms with van der Waals surface area (Å²) in [5, 5.41) is 2.78. The number of carbonyl (C=O) groups excluding carboxylic acids is 1. The molecule has 2 rings (SSSR count). The molecule has 0 unspecified atom stereocenters. The van der Waals surface area contributed by atoms with Gasteiger partial charge in [0, 0.05) is 18.7 Å². The zero-order valence-corrected chi connectivity index (χ0v) is 15.6. The Morgan fingerprint density at radius 2 is 1.81 bits per heavy atom. The van der Waals surface area contributed by atoms with Crippen molar-refractivity contribution >= 4 is 15.9 Å². The number of nitrogens with one attached hydrogen (secondary N) is 2. The predicted octanol–water partition coefficient (Wildman–Crippen LogP) is 3.08. The topological polar surface area (TPSA) is 75.3 Å². The first kappa shape index (κ1) is 20.1. The van der Waals surface area contributed by atoms with E-state index in [1.165, 1.54) is 42.5 Å². The van der Waals surface area contributed by atoms with Crippen LogP contribution in [0.3, 0.4) is 0 Å². The Balaban J connectivity index is 2.04. The van der Waals surface area contributed by atoms with Crippen molar-refractivity contribution in [2.45, 2.75) is 31.7 Å². The number of benzene rings is 2. The van der Waals surface area contributed by atoms with Crippen LogP contribution in [0.1, 0.15) is 36.2 Å². The number of rotatable bonds is 8. The Bertz CT molecular complexity index is 849. The molecule has 2 N–H and O–H groups in total. The van der Waals surface area contributed by atoms with E-state index >= 15 is 0 Å². The first-order valence-corrected chi connectivity index (χ1v) is 9.88. The molecular weight excluding hydrogens is 355 g/mol. The summed E-state index contributed by atoms with van der Waals surface area (Å²) < 4.78 is 40.2. The second-order valence-corrected chi connectivity index (χ2v) is 8.18. The number of hydrogen-bond donors (Lipinski definition) is 2. The van der Waals surface area contributed by atoms with Gasteiger partial charge in [-0.2, -0.15) is 0 Å². The van der Waals surface area contributed by atoms with E-state index in [1.54, 1.807) is 6.07 Å². The van der Waals surface area contributed by atoms with E-state index < -0.39 is 10.0 Å². The molecule has 0 bridgehead atoms. The van der Waals surface area contributed by atoms with E-state index in [4.69, 9.17) is 0 Å². The lowest BCUT2D eigenvalue weighted by atomic mass is 10.1. The van der Waals surface area contributed by atoms with Crippen molar-refractivity contribution in [3.8, 4) is 0 Å². The minimum atomic E-state index is -3.78. The Hall–Kier alpha value is -2.25. The van der Waals surface area contributed by atoms with Crippen molar-refractivity contribution in [1.82, 2.24) is 10.0 Å². The van der Waals surface area contributed by atoms with Gasteiger partial charge in [0.2, 0.25) is 10.0 Å². The number of halogens is 1. The fourth-order valence-corrected chi connectivity index (χ4v) is 3.31. The predicted molar refractivity (Wildman–Crippen MR) is 98.7 cm³/mol. The van der Waals surface area contributed by atoms with Crippen LogP contribution in [0, 0.1) is 11.7 Å². The van der Waals surface area contributed by atoms with E-state index in [1.807, 2.05) is 0 Å². The van der Waals surface area contributed by atoms with E-state index in [0.29, 0.717) is 23.6 Å². The van der Waals surface area contributed by atoms with E-state index in [0.717, 1.165) is 6.42 Å². The van der Waals surface area contributed by atoms with Crippen LogP contribution in [0.2, 0.25) is 0 Å². The van der Waals surface area contributed by atoms with Gasteiger partial charge >= 0.3 is 0 Å². The molecular formula is C19H23FN2O3S. The highest BCUT2D eigenvalue weighted by atomic mass is 32.2. The minimum Gasteiger partial charge on any atom is -0.352 e. The highest BCUT2D eigenvalue weighted by molar-refractivity contribution is 7.89. The molecule has 0 saturated heterocycles.